The lowest BCUT2D eigenvalue weighted by molar-refractivity contribution is -0.138. The van der Waals surface area contributed by atoms with Gasteiger partial charge in [0, 0.05) is 32.0 Å². The van der Waals surface area contributed by atoms with Crippen molar-refractivity contribution in [2.24, 2.45) is 11.8 Å². The van der Waals surface area contributed by atoms with Gasteiger partial charge in [0.1, 0.15) is 5.78 Å². The first kappa shape index (κ1) is 13.9. The van der Waals surface area contributed by atoms with Crippen LogP contribution in [0.4, 0.5) is 0 Å². The van der Waals surface area contributed by atoms with E-state index in [-0.39, 0.29) is 11.5 Å². The summed E-state index contributed by atoms with van der Waals surface area (Å²) in [4.78, 5) is 12.5. The number of hydrogen-bond donors (Lipinski definition) is 0. The van der Waals surface area contributed by atoms with Crippen LogP contribution >= 0.6 is 11.8 Å². The van der Waals surface area contributed by atoms with Gasteiger partial charge in [-0.05, 0) is 43.1 Å². The number of ketones is 1. The SMILES string of the molecule is O=C(CC1CCSCC1)C1CCOC2(CCOC2)C1. The number of carbonyl (C=O) groups excluding carboxylic acids is 1. The van der Waals surface area contributed by atoms with Gasteiger partial charge in [0.25, 0.3) is 0 Å². The van der Waals surface area contributed by atoms with Gasteiger partial charge < -0.3 is 9.47 Å². The molecule has 19 heavy (non-hydrogen) atoms. The Morgan fingerprint density at radius 1 is 1.21 bits per heavy atom. The highest BCUT2D eigenvalue weighted by Gasteiger charge is 2.42. The first-order valence-corrected chi connectivity index (χ1v) is 8.75. The number of rotatable bonds is 3. The molecule has 0 saturated carbocycles. The summed E-state index contributed by atoms with van der Waals surface area (Å²) in [5.74, 6) is 3.84. The third kappa shape index (κ3) is 3.34. The molecule has 3 nitrogen and oxygen atoms in total. The van der Waals surface area contributed by atoms with Gasteiger partial charge in [0.15, 0.2) is 0 Å². The fraction of sp³-hybridized carbons (Fsp3) is 0.933. The second-order valence-corrected chi connectivity index (χ2v) is 7.47. The second kappa shape index (κ2) is 6.15. The average molecular weight is 284 g/mol. The summed E-state index contributed by atoms with van der Waals surface area (Å²) in [6, 6.07) is 0. The summed E-state index contributed by atoms with van der Waals surface area (Å²) in [7, 11) is 0. The molecule has 3 saturated heterocycles. The Morgan fingerprint density at radius 2 is 2.05 bits per heavy atom. The molecule has 0 aromatic carbocycles. The van der Waals surface area contributed by atoms with E-state index in [9.17, 15) is 4.79 Å². The summed E-state index contributed by atoms with van der Waals surface area (Å²) < 4.78 is 11.4. The van der Waals surface area contributed by atoms with Crippen LogP contribution in [0.3, 0.4) is 0 Å². The second-order valence-electron chi connectivity index (χ2n) is 6.25. The maximum atomic E-state index is 12.5. The zero-order chi connectivity index (χ0) is 13.1. The molecular weight excluding hydrogens is 260 g/mol. The first-order valence-electron chi connectivity index (χ1n) is 7.60. The van der Waals surface area contributed by atoms with Crippen LogP contribution in [0.2, 0.25) is 0 Å². The summed E-state index contributed by atoms with van der Waals surface area (Å²) in [6.07, 6.45) is 6.05. The van der Waals surface area contributed by atoms with E-state index in [4.69, 9.17) is 9.47 Å². The molecule has 3 rings (SSSR count). The molecule has 2 atom stereocenters. The third-order valence-corrected chi connectivity index (χ3v) is 5.89. The largest absolute Gasteiger partial charge is 0.378 e. The van der Waals surface area contributed by atoms with Crippen molar-refractivity contribution in [3.8, 4) is 0 Å². The Hall–Kier alpha value is -0.0600. The van der Waals surface area contributed by atoms with Crippen LogP contribution in [0.5, 0.6) is 0 Å². The Labute approximate surface area is 119 Å². The average Bonchev–Trinajstić information content (AvgIpc) is 2.88. The van der Waals surface area contributed by atoms with Crippen molar-refractivity contribution in [2.75, 3.05) is 31.3 Å². The van der Waals surface area contributed by atoms with Crippen molar-refractivity contribution < 1.29 is 14.3 Å². The zero-order valence-corrected chi connectivity index (χ0v) is 12.4. The number of Topliss-reactive ketones (excluding diaryl/α,β-unsaturated/α-hetero) is 1. The smallest absolute Gasteiger partial charge is 0.136 e. The molecule has 3 aliphatic rings. The van der Waals surface area contributed by atoms with E-state index in [2.05, 4.69) is 0 Å². The first-order chi connectivity index (χ1) is 9.27. The third-order valence-electron chi connectivity index (χ3n) is 4.85. The molecule has 0 N–H and O–H groups in total. The minimum Gasteiger partial charge on any atom is -0.378 e. The zero-order valence-electron chi connectivity index (χ0n) is 11.6. The fourth-order valence-corrected chi connectivity index (χ4v) is 4.77. The number of ether oxygens (including phenoxy) is 2. The Kier molecular flexibility index (Phi) is 4.50. The molecule has 0 aromatic heterocycles. The van der Waals surface area contributed by atoms with Gasteiger partial charge >= 0.3 is 0 Å². The minimum atomic E-state index is -0.124. The molecule has 4 heteroatoms. The van der Waals surface area contributed by atoms with E-state index in [1.807, 2.05) is 11.8 Å². The van der Waals surface area contributed by atoms with Crippen LogP contribution in [0.1, 0.15) is 38.5 Å². The Morgan fingerprint density at radius 3 is 2.79 bits per heavy atom. The van der Waals surface area contributed by atoms with Crippen molar-refractivity contribution in [3.63, 3.8) is 0 Å². The monoisotopic (exact) mass is 284 g/mol. The highest BCUT2D eigenvalue weighted by molar-refractivity contribution is 7.99. The minimum absolute atomic E-state index is 0.124. The molecule has 2 unspecified atom stereocenters. The lowest BCUT2D eigenvalue weighted by atomic mass is 9.80. The van der Waals surface area contributed by atoms with Crippen LogP contribution < -0.4 is 0 Å². The topological polar surface area (TPSA) is 35.5 Å². The molecule has 0 amide bonds. The van der Waals surface area contributed by atoms with Crippen molar-refractivity contribution in [3.05, 3.63) is 0 Å². The van der Waals surface area contributed by atoms with Crippen LogP contribution in [0.15, 0.2) is 0 Å². The highest BCUT2D eigenvalue weighted by Crippen LogP contribution is 2.37. The quantitative estimate of drug-likeness (QED) is 0.798. The van der Waals surface area contributed by atoms with Crippen molar-refractivity contribution in [2.45, 2.75) is 44.1 Å². The van der Waals surface area contributed by atoms with Gasteiger partial charge in [-0.25, -0.2) is 0 Å². The van der Waals surface area contributed by atoms with Crippen LogP contribution in [-0.2, 0) is 14.3 Å². The molecule has 0 aliphatic carbocycles. The number of hydrogen-bond acceptors (Lipinski definition) is 4. The maximum Gasteiger partial charge on any atom is 0.136 e. The van der Waals surface area contributed by atoms with Gasteiger partial charge in [0.05, 0.1) is 12.2 Å². The van der Waals surface area contributed by atoms with Gasteiger partial charge in [-0.3, -0.25) is 4.79 Å². The molecule has 0 aromatic rings. The molecule has 1 spiro atoms. The summed E-state index contributed by atoms with van der Waals surface area (Å²) in [6.45, 7) is 2.22. The summed E-state index contributed by atoms with van der Waals surface area (Å²) in [5.41, 5.74) is -0.124. The van der Waals surface area contributed by atoms with Crippen LogP contribution in [0.25, 0.3) is 0 Å². The van der Waals surface area contributed by atoms with Gasteiger partial charge in [0.2, 0.25) is 0 Å². The van der Waals surface area contributed by atoms with Crippen LogP contribution in [0, 0.1) is 11.8 Å². The molecule has 3 aliphatic heterocycles. The lowest BCUT2D eigenvalue weighted by Crippen LogP contribution is -2.42. The van der Waals surface area contributed by atoms with E-state index < -0.39 is 0 Å². The van der Waals surface area contributed by atoms with E-state index in [0.29, 0.717) is 18.3 Å². The Balaban J connectivity index is 1.54. The Bertz CT molecular complexity index is 319. The van der Waals surface area contributed by atoms with E-state index in [0.717, 1.165) is 38.9 Å². The molecule has 108 valence electrons. The van der Waals surface area contributed by atoms with Crippen molar-refractivity contribution in [1.29, 1.82) is 0 Å². The lowest BCUT2D eigenvalue weighted by Gasteiger charge is -2.37. The number of thioether (sulfide) groups is 1. The molecule has 0 radical (unpaired) electrons. The van der Waals surface area contributed by atoms with Gasteiger partial charge in [-0.1, -0.05) is 0 Å². The van der Waals surface area contributed by atoms with Crippen molar-refractivity contribution >= 4 is 17.5 Å². The van der Waals surface area contributed by atoms with Gasteiger partial charge in [-0.2, -0.15) is 11.8 Å². The summed E-state index contributed by atoms with van der Waals surface area (Å²) >= 11 is 2.03. The maximum absolute atomic E-state index is 12.5. The van der Waals surface area contributed by atoms with E-state index >= 15 is 0 Å². The fourth-order valence-electron chi connectivity index (χ4n) is 3.57. The van der Waals surface area contributed by atoms with E-state index in [1.54, 1.807) is 0 Å². The normalized spacial score (nSPS) is 36.7. The molecule has 3 fully saturated rings. The molecule has 3 heterocycles. The van der Waals surface area contributed by atoms with Crippen molar-refractivity contribution in [1.82, 2.24) is 0 Å². The summed E-state index contributed by atoms with van der Waals surface area (Å²) in [5, 5.41) is 0. The predicted octanol–water partition coefficient (Wildman–Crippen LogP) is 2.67. The molecular formula is C15H24O3S. The number of carbonyl (C=O) groups is 1. The van der Waals surface area contributed by atoms with Crippen LogP contribution in [-0.4, -0.2) is 42.7 Å². The van der Waals surface area contributed by atoms with Gasteiger partial charge in [-0.15, -0.1) is 0 Å². The highest BCUT2D eigenvalue weighted by atomic mass is 32.2. The molecule has 0 bridgehead atoms. The van der Waals surface area contributed by atoms with E-state index in [1.165, 1.54) is 24.3 Å². The predicted molar refractivity (Wildman–Crippen MR) is 76.5 cm³/mol. The standard InChI is InChI=1S/C15H24O3S/c16-14(9-12-2-7-19-8-3-12)13-1-5-18-15(10-13)4-6-17-11-15/h12-13H,1-11H2.